The molecule has 4 nitrogen and oxygen atoms in total. The molecule has 0 aliphatic heterocycles. The third-order valence-corrected chi connectivity index (χ3v) is 5.47. The molecule has 0 heterocycles. The fraction of sp³-hybridized carbons (Fsp3) is 0.708. The van der Waals surface area contributed by atoms with Crippen molar-refractivity contribution >= 4 is 5.71 Å². The summed E-state index contributed by atoms with van der Waals surface area (Å²) in [6.45, 7) is 6.11. The van der Waals surface area contributed by atoms with Crippen molar-refractivity contribution in [2.75, 3.05) is 0 Å². The number of aliphatic hydroxyl groups excluding tert-OH is 1. The van der Waals surface area contributed by atoms with Crippen LogP contribution in [0.3, 0.4) is 0 Å². The van der Waals surface area contributed by atoms with Gasteiger partial charge in [-0.25, -0.2) is 0 Å². The highest BCUT2D eigenvalue weighted by Gasteiger charge is 2.21. The first-order valence-corrected chi connectivity index (χ1v) is 11.3. The Balaban J connectivity index is 2.74. The van der Waals surface area contributed by atoms with Gasteiger partial charge in [-0.3, -0.25) is 0 Å². The maximum atomic E-state index is 10.4. The van der Waals surface area contributed by atoms with E-state index in [1.165, 1.54) is 44.1 Å². The molecule has 1 aromatic rings. The monoisotopic (exact) mass is 391 g/mol. The molecular weight excluding hydrogens is 350 g/mol. The van der Waals surface area contributed by atoms with Gasteiger partial charge in [-0.15, -0.1) is 0 Å². The predicted molar refractivity (Wildman–Crippen MR) is 117 cm³/mol. The normalized spacial score (nSPS) is 14.2. The van der Waals surface area contributed by atoms with Crippen molar-refractivity contribution in [3.05, 3.63) is 29.3 Å². The number of phenolic OH excluding ortho intramolecular Hbond substituents is 1. The van der Waals surface area contributed by atoms with Crippen LogP contribution in [0.25, 0.3) is 0 Å². The quantitative estimate of drug-likeness (QED) is 0.139. The molecule has 2 unspecified atom stereocenters. The van der Waals surface area contributed by atoms with Gasteiger partial charge in [0, 0.05) is 11.5 Å². The number of oxime groups is 1. The Morgan fingerprint density at radius 3 is 2.21 bits per heavy atom. The zero-order valence-corrected chi connectivity index (χ0v) is 18.2. The lowest BCUT2D eigenvalue weighted by molar-refractivity contribution is 0.176. The highest BCUT2D eigenvalue weighted by atomic mass is 16.4. The van der Waals surface area contributed by atoms with Crippen molar-refractivity contribution in [2.45, 2.75) is 104 Å². The number of unbranched alkanes of at least 4 members (excludes halogenated alkanes) is 6. The second-order valence-electron chi connectivity index (χ2n) is 8.12. The van der Waals surface area contributed by atoms with Crippen LogP contribution in [0.5, 0.6) is 5.75 Å². The van der Waals surface area contributed by atoms with Crippen molar-refractivity contribution in [2.24, 2.45) is 11.1 Å². The van der Waals surface area contributed by atoms with Gasteiger partial charge in [-0.2, -0.15) is 0 Å². The molecule has 0 spiro atoms. The summed E-state index contributed by atoms with van der Waals surface area (Å²) in [6.07, 6.45) is 12.7. The molecule has 0 aliphatic rings. The van der Waals surface area contributed by atoms with Crippen molar-refractivity contribution in [1.82, 2.24) is 0 Å². The van der Waals surface area contributed by atoms with Gasteiger partial charge in [0.15, 0.2) is 0 Å². The Kier molecular flexibility index (Phi) is 12.6. The number of benzene rings is 1. The Morgan fingerprint density at radius 2 is 1.61 bits per heavy atom. The Hall–Kier alpha value is -1.55. The molecule has 3 N–H and O–H groups in total. The van der Waals surface area contributed by atoms with Crippen LogP contribution in [0.15, 0.2) is 23.4 Å². The zero-order chi connectivity index (χ0) is 20.8. The van der Waals surface area contributed by atoms with Crippen LogP contribution in [0.2, 0.25) is 0 Å². The van der Waals surface area contributed by atoms with Crippen LogP contribution in [-0.4, -0.2) is 27.2 Å². The highest BCUT2D eigenvalue weighted by molar-refractivity contribution is 6.04. The molecule has 0 saturated carbocycles. The van der Waals surface area contributed by atoms with Crippen LogP contribution in [0.1, 0.15) is 103 Å². The number of aliphatic hydroxyl groups is 1. The molecule has 0 aliphatic carbocycles. The number of hydrogen-bond donors (Lipinski definition) is 3. The topological polar surface area (TPSA) is 73.1 Å². The summed E-state index contributed by atoms with van der Waals surface area (Å²) in [4.78, 5) is 0. The summed E-state index contributed by atoms with van der Waals surface area (Å²) in [5, 5.41) is 33.3. The second kappa shape index (κ2) is 14.4. The van der Waals surface area contributed by atoms with Crippen molar-refractivity contribution in [3.63, 3.8) is 0 Å². The molecule has 0 aromatic heterocycles. The first kappa shape index (κ1) is 24.5. The molecule has 0 bridgehead atoms. The molecule has 0 saturated heterocycles. The minimum atomic E-state index is -0.378. The minimum absolute atomic E-state index is 0.0318. The van der Waals surface area contributed by atoms with E-state index in [0.29, 0.717) is 17.7 Å². The fourth-order valence-corrected chi connectivity index (χ4v) is 3.79. The number of nitrogens with zero attached hydrogens (tertiary/aromatic N) is 1. The Morgan fingerprint density at radius 1 is 0.929 bits per heavy atom. The van der Waals surface area contributed by atoms with Gasteiger partial charge in [-0.05, 0) is 56.7 Å². The van der Waals surface area contributed by atoms with Crippen LogP contribution in [0, 0.1) is 5.92 Å². The molecule has 0 amide bonds. The molecule has 2 atom stereocenters. The largest absolute Gasteiger partial charge is 0.507 e. The van der Waals surface area contributed by atoms with Gasteiger partial charge in [-0.1, -0.05) is 70.0 Å². The highest BCUT2D eigenvalue weighted by Crippen LogP contribution is 2.28. The number of rotatable bonds is 15. The lowest BCUT2D eigenvalue weighted by Gasteiger charge is -2.20. The average molecular weight is 392 g/mol. The van der Waals surface area contributed by atoms with E-state index >= 15 is 0 Å². The SMILES string of the molecule is CCCCCCCCCc1ccc(O)c(C(=NO)C(CCC)CCC(C)O)c1. The third-order valence-electron chi connectivity index (χ3n) is 5.47. The molecule has 1 aromatic carbocycles. The minimum Gasteiger partial charge on any atom is -0.507 e. The van der Waals surface area contributed by atoms with E-state index in [4.69, 9.17) is 0 Å². The Bertz CT molecular complexity index is 569. The van der Waals surface area contributed by atoms with Crippen molar-refractivity contribution < 1.29 is 15.4 Å². The number of phenols is 1. The van der Waals surface area contributed by atoms with Gasteiger partial charge in [0.05, 0.1) is 11.8 Å². The van der Waals surface area contributed by atoms with Gasteiger partial charge in [0.1, 0.15) is 5.75 Å². The molecule has 4 heteroatoms. The van der Waals surface area contributed by atoms with E-state index in [9.17, 15) is 15.4 Å². The summed E-state index contributed by atoms with van der Waals surface area (Å²) in [5.74, 6) is 0.193. The van der Waals surface area contributed by atoms with Crippen molar-refractivity contribution in [1.29, 1.82) is 0 Å². The van der Waals surface area contributed by atoms with E-state index in [2.05, 4.69) is 19.0 Å². The van der Waals surface area contributed by atoms with Gasteiger partial charge in [0.25, 0.3) is 0 Å². The summed E-state index contributed by atoms with van der Waals surface area (Å²) in [7, 11) is 0. The number of aryl methyl sites for hydroxylation is 1. The van der Waals surface area contributed by atoms with E-state index in [0.717, 1.165) is 32.1 Å². The Labute approximate surface area is 171 Å². The maximum absolute atomic E-state index is 10.4. The van der Waals surface area contributed by atoms with Gasteiger partial charge in [0.2, 0.25) is 0 Å². The number of aromatic hydroxyl groups is 1. The molecule has 0 fully saturated rings. The summed E-state index contributed by atoms with van der Waals surface area (Å²) in [5.41, 5.74) is 2.35. The molecule has 160 valence electrons. The average Bonchev–Trinajstić information content (AvgIpc) is 2.67. The lowest BCUT2D eigenvalue weighted by atomic mass is 9.87. The van der Waals surface area contributed by atoms with Crippen LogP contribution < -0.4 is 0 Å². The predicted octanol–water partition coefficient (Wildman–Crippen LogP) is 6.44. The van der Waals surface area contributed by atoms with E-state index in [1.807, 2.05) is 12.1 Å². The molecule has 1 rings (SSSR count). The second-order valence-corrected chi connectivity index (χ2v) is 8.12. The fourth-order valence-electron chi connectivity index (χ4n) is 3.79. The van der Waals surface area contributed by atoms with Crippen LogP contribution in [0.4, 0.5) is 0 Å². The summed E-state index contributed by atoms with van der Waals surface area (Å²) < 4.78 is 0. The molecular formula is C24H41NO3. The standard InChI is InChI=1S/C24H41NO3/c1-4-6-7-8-9-10-11-13-20-15-17-23(27)22(18-20)24(25-28)21(12-5-2)16-14-19(3)26/h15,17-19,21,26-28H,4-14,16H2,1-3H3. The van der Waals surface area contributed by atoms with E-state index in [-0.39, 0.29) is 17.8 Å². The molecule has 0 radical (unpaired) electrons. The summed E-state index contributed by atoms with van der Waals surface area (Å²) >= 11 is 0. The first-order valence-electron chi connectivity index (χ1n) is 11.3. The van der Waals surface area contributed by atoms with Gasteiger partial charge >= 0.3 is 0 Å². The third kappa shape index (κ3) is 9.09. The maximum Gasteiger partial charge on any atom is 0.124 e. The van der Waals surface area contributed by atoms with Gasteiger partial charge < -0.3 is 15.4 Å². The number of hydrogen-bond acceptors (Lipinski definition) is 4. The lowest BCUT2D eigenvalue weighted by Crippen LogP contribution is -2.18. The first-order chi connectivity index (χ1) is 13.5. The van der Waals surface area contributed by atoms with E-state index in [1.54, 1.807) is 13.0 Å². The van der Waals surface area contributed by atoms with Crippen LogP contribution >= 0.6 is 0 Å². The smallest absolute Gasteiger partial charge is 0.124 e. The zero-order valence-electron chi connectivity index (χ0n) is 18.2. The van der Waals surface area contributed by atoms with E-state index < -0.39 is 0 Å². The van der Waals surface area contributed by atoms with Crippen molar-refractivity contribution in [3.8, 4) is 5.75 Å². The summed E-state index contributed by atoms with van der Waals surface area (Å²) in [6, 6.07) is 5.66. The molecule has 28 heavy (non-hydrogen) atoms. The van der Waals surface area contributed by atoms with Crippen LogP contribution in [-0.2, 0) is 6.42 Å².